The minimum absolute atomic E-state index is 0.420. The average molecular weight is 447 g/mol. The molecule has 3 heterocycles. The Kier molecular flexibility index (Phi) is 5.24. The first-order valence-electron chi connectivity index (χ1n) is 9.58. The second-order valence-corrected chi connectivity index (χ2v) is 7.92. The van der Waals surface area contributed by atoms with Gasteiger partial charge in [-0.3, -0.25) is 4.98 Å². The third-order valence-corrected chi connectivity index (χ3v) is 5.96. The van der Waals surface area contributed by atoms with Gasteiger partial charge in [0, 0.05) is 29.3 Å². The molecule has 32 heavy (non-hydrogen) atoms. The van der Waals surface area contributed by atoms with E-state index in [1.807, 2.05) is 54.1 Å². The fourth-order valence-corrected chi connectivity index (χ4v) is 4.24. The molecule has 9 heteroatoms. The maximum atomic E-state index is 13.8. The summed E-state index contributed by atoms with van der Waals surface area (Å²) >= 11 is 1.30. The summed E-state index contributed by atoms with van der Waals surface area (Å²) in [6.07, 6.45) is 2.97. The molecule has 3 aromatic heterocycles. The zero-order valence-electron chi connectivity index (χ0n) is 16.7. The van der Waals surface area contributed by atoms with Crippen LogP contribution in [-0.4, -0.2) is 24.7 Å². The lowest BCUT2D eigenvalue weighted by molar-refractivity contribution is 0.506. The number of benzene rings is 2. The summed E-state index contributed by atoms with van der Waals surface area (Å²) in [6, 6.07) is 17.0. The number of imidazole rings is 1. The first-order chi connectivity index (χ1) is 15.6. The highest BCUT2D eigenvalue weighted by Crippen LogP contribution is 2.39. The first-order valence-corrected chi connectivity index (χ1v) is 10.4. The topological polar surface area (TPSA) is 69.6 Å². The van der Waals surface area contributed by atoms with E-state index in [0.717, 1.165) is 22.2 Å². The Morgan fingerprint density at radius 2 is 1.75 bits per heavy atom. The van der Waals surface area contributed by atoms with E-state index in [9.17, 15) is 8.78 Å². The van der Waals surface area contributed by atoms with E-state index >= 15 is 0 Å². The molecule has 0 aliphatic heterocycles. The minimum atomic E-state index is -0.896. The van der Waals surface area contributed by atoms with E-state index in [1.165, 1.54) is 24.2 Å². The summed E-state index contributed by atoms with van der Waals surface area (Å²) in [5, 5.41) is 8.39. The predicted octanol–water partition coefficient (Wildman–Crippen LogP) is 5.63. The highest BCUT2D eigenvalue weighted by molar-refractivity contribution is 7.99. The largest absolute Gasteiger partial charge is 0.423 e. The molecular formula is C23H15F2N5OS. The van der Waals surface area contributed by atoms with Crippen LogP contribution in [-0.2, 0) is 7.05 Å². The van der Waals surface area contributed by atoms with Crippen molar-refractivity contribution in [2.24, 2.45) is 7.05 Å². The Labute approximate surface area is 186 Å². The van der Waals surface area contributed by atoms with Crippen LogP contribution in [0.1, 0.15) is 0 Å². The van der Waals surface area contributed by atoms with Crippen molar-refractivity contribution in [2.45, 2.75) is 9.92 Å². The summed E-state index contributed by atoms with van der Waals surface area (Å²) in [5.74, 6) is -0.701. The molecule has 5 rings (SSSR count). The monoisotopic (exact) mass is 447 g/mol. The Balaban J connectivity index is 1.60. The molecule has 0 spiro atoms. The molecule has 158 valence electrons. The van der Waals surface area contributed by atoms with Crippen molar-refractivity contribution < 1.29 is 13.2 Å². The van der Waals surface area contributed by atoms with Crippen molar-refractivity contribution in [2.75, 3.05) is 0 Å². The fraction of sp³-hybridized carbons (Fsp3) is 0.0435. The predicted molar refractivity (Wildman–Crippen MR) is 116 cm³/mol. The third-order valence-electron chi connectivity index (χ3n) is 4.81. The van der Waals surface area contributed by atoms with Crippen LogP contribution in [0.4, 0.5) is 8.78 Å². The third kappa shape index (κ3) is 3.78. The molecule has 0 saturated carbocycles. The minimum Gasteiger partial charge on any atom is -0.423 e. The summed E-state index contributed by atoms with van der Waals surface area (Å²) in [4.78, 5) is 9.81. The van der Waals surface area contributed by atoms with Crippen LogP contribution in [0.25, 0.3) is 34.2 Å². The average Bonchev–Trinajstić information content (AvgIpc) is 3.46. The molecule has 0 aliphatic rings. The van der Waals surface area contributed by atoms with Gasteiger partial charge in [-0.2, -0.15) is 0 Å². The molecule has 2 aromatic carbocycles. The van der Waals surface area contributed by atoms with Gasteiger partial charge < -0.3 is 8.98 Å². The Morgan fingerprint density at radius 3 is 2.44 bits per heavy atom. The molecule has 0 unspecified atom stereocenters. The van der Waals surface area contributed by atoms with E-state index in [1.54, 1.807) is 12.3 Å². The number of pyridine rings is 1. The molecule has 0 saturated heterocycles. The Morgan fingerprint density at radius 1 is 0.938 bits per heavy atom. The normalized spacial score (nSPS) is 11.1. The molecule has 5 aromatic rings. The van der Waals surface area contributed by atoms with E-state index in [4.69, 9.17) is 9.40 Å². The molecular weight excluding hydrogens is 432 g/mol. The Hall–Kier alpha value is -3.85. The van der Waals surface area contributed by atoms with Crippen molar-refractivity contribution in [3.8, 4) is 34.2 Å². The fourth-order valence-electron chi connectivity index (χ4n) is 3.23. The lowest BCUT2D eigenvalue weighted by Crippen LogP contribution is -1.96. The lowest BCUT2D eigenvalue weighted by Gasteiger charge is -2.08. The van der Waals surface area contributed by atoms with Crippen molar-refractivity contribution in [1.82, 2.24) is 24.7 Å². The lowest BCUT2D eigenvalue weighted by atomic mass is 10.1. The Bertz CT molecular complexity index is 1370. The van der Waals surface area contributed by atoms with Crippen molar-refractivity contribution >= 4 is 11.8 Å². The second-order valence-electron chi connectivity index (χ2n) is 6.86. The van der Waals surface area contributed by atoms with Gasteiger partial charge in [0.05, 0.1) is 0 Å². The van der Waals surface area contributed by atoms with Crippen LogP contribution in [0.2, 0.25) is 0 Å². The SMILES string of the molecule is Cn1c(-c2ccccn2)nc(-c2ccc(-c3nnco3)cc2)c1Sc1ccc(F)c(F)c1. The van der Waals surface area contributed by atoms with Gasteiger partial charge in [-0.1, -0.05) is 30.0 Å². The summed E-state index contributed by atoms with van der Waals surface area (Å²) in [5.41, 5.74) is 3.02. The smallest absolute Gasteiger partial charge is 0.247 e. The van der Waals surface area contributed by atoms with Crippen LogP contribution < -0.4 is 0 Å². The zero-order valence-corrected chi connectivity index (χ0v) is 17.6. The molecule has 0 bridgehead atoms. The quantitative estimate of drug-likeness (QED) is 0.348. The summed E-state index contributed by atoms with van der Waals surface area (Å²) in [7, 11) is 1.87. The molecule has 0 amide bonds. The number of nitrogens with zero attached hydrogens (tertiary/aromatic N) is 5. The van der Waals surface area contributed by atoms with Gasteiger partial charge in [0.25, 0.3) is 0 Å². The number of hydrogen-bond acceptors (Lipinski definition) is 6. The van der Waals surface area contributed by atoms with Gasteiger partial charge in [-0.25, -0.2) is 13.8 Å². The molecule has 6 nitrogen and oxygen atoms in total. The van der Waals surface area contributed by atoms with Gasteiger partial charge in [0.1, 0.15) is 16.4 Å². The van der Waals surface area contributed by atoms with E-state index in [0.29, 0.717) is 28.0 Å². The number of rotatable bonds is 5. The molecule has 0 aliphatic carbocycles. The van der Waals surface area contributed by atoms with E-state index in [2.05, 4.69) is 15.2 Å². The molecule has 0 fully saturated rings. The van der Waals surface area contributed by atoms with E-state index < -0.39 is 11.6 Å². The maximum Gasteiger partial charge on any atom is 0.247 e. The number of aromatic nitrogens is 5. The van der Waals surface area contributed by atoms with E-state index in [-0.39, 0.29) is 0 Å². The highest BCUT2D eigenvalue weighted by Gasteiger charge is 2.20. The van der Waals surface area contributed by atoms with Gasteiger partial charge >= 0.3 is 0 Å². The highest BCUT2D eigenvalue weighted by atomic mass is 32.2. The first kappa shape index (κ1) is 20.1. The molecule has 0 radical (unpaired) electrons. The van der Waals surface area contributed by atoms with Crippen LogP contribution >= 0.6 is 11.8 Å². The van der Waals surface area contributed by atoms with Gasteiger partial charge in [0.15, 0.2) is 17.5 Å². The molecule has 0 N–H and O–H groups in total. The van der Waals surface area contributed by atoms with Crippen molar-refractivity contribution in [1.29, 1.82) is 0 Å². The zero-order chi connectivity index (χ0) is 22.1. The summed E-state index contributed by atoms with van der Waals surface area (Å²) in [6.45, 7) is 0. The van der Waals surface area contributed by atoms with Gasteiger partial charge in [-0.05, 0) is 42.5 Å². The second kappa shape index (κ2) is 8.35. The molecule has 0 atom stereocenters. The van der Waals surface area contributed by atoms with Crippen molar-refractivity contribution in [3.63, 3.8) is 0 Å². The maximum absolute atomic E-state index is 13.8. The van der Waals surface area contributed by atoms with Gasteiger partial charge in [-0.15, -0.1) is 10.2 Å². The van der Waals surface area contributed by atoms with Gasteiger partial charge in [0.2, 0.25) is 12.3 Å². The van der Waals surface area contributed by atoms with Crippen LogP contribution in [0.5, 0.6) is 0 Å². The number of halogens is 2. The number of hydrogen-bond donors (Lipinski definition) is 0. The van der Waals surface area contributed by atoms with Crippen LogP contribution in [0, 0.1) is 11.6 Å². The van der Waals surface area contributed by atoms with Crippen LogP contribution in [0.3, 0.4) is 0 Å². The van der Waals surface area contributed by atoms with Crippen LogP contribution in [0.15, 0.2) is 87.6 Å². The summed E-state index contributed by atoms with van der Waals surface area (Å²) < 4.78 is 34.4. The van der Waals surface area contributed by atoms with Crippen molar-refractivity contribution in [3.05, 3.63) is 84.9 Å². The standard InChI is InChI=1S/C23H15F2N5OS/c1-30-21(19-4-2-3-11-26-19)28-20(23(30)32-16-9-10-17(24)18(25)12-16)14-5-7-15(8-6-14)22-29-27-13-31-22/h2-13H,1H3.